The number of phenolic OH excluding ortho intramolecular Hbond substituents is 1. The van der Waals surface area contributed by atoms with E-state index in [1.165, 1.54) is 25.7 Å². The van der Waals surface area contributed by atoms with Crippen molar-refractivity contribution in [3.63, 3.8) is 0 Å². The molecule has 1 aromatic carbocycles. The van der Waals surface area contributed by atoms with Gasteiger partial charge in [0.2, 0.25) is 11.7 Å². The zero-order chi connectivity index (χ0) is 12.4. The number of benzene rings is 1. The fourth-order valence-corrected chi connectivity index (χ4v) is 2.53. The van der Waals surface area contributed by atoms with E-state index >= 15 is 0 Å². The fraction of sp³-hybridized carbons (Fsp3) is 0.429. The molecule has 1 heterocycles. The summed E-state index contributed by atoms with van der Waals surface area (Å²) in [4.78, 5) is 4.41. The third kappa shape index (κ3) is 2.37. The molecule has 0 unspecified atom stereocenters. The molecule has 0 bridgehead atoms. The van der Waals surface area contributed by atoms with E-state index < -0.39 is 0 Å². The molecule has 0 amide bonds. The Morgan fingerprint density at radius 2 is 1.89 bits per heavy atom. The largest absolute Gasteiger partial charge is 0.508 e. The van der Waals surface area contributed by atoms with Gasteiger partial charge in [-0.2, -0.15) is 4.98 Å². The van der Waals surface area contributed by atoms with Crippen LogP contribution in [0.5, 0.6) is 5.75 Å². The average molecular weight is 244 g/mol. The Balaban J connectivity index is 1.74. The molecular formula is C14H16N2O2. The maximum absolute atomic E-state index is 9.23. The zero-order valence-corrected chi connectivity index (χ0v) is 10.2. The minimum Gasteiger partial charge on any atom is -0.508 e. The topological polar surface area (TPSA) is 59.2 Å². The van der Waals surface area contributed by atoms with Crippen molar-refractivity contribution < 1.29 is 9.63 Å². The third-order valence-corrected chi connectivity index (χ3v) is 3.53. The maximum atomic E-state index is 9.23. The molecule has 1 aromatic heterocycles. The van der Waals surface area contributed by atoms with E-state index in [0.29, 0.717) is 11.7 Å². The summed E-state index contributed by atoms with van der Waals surface area (Å²) in [6, 6.07) is 6.84. The number of hydrogen-bond acceptors (Lipinski definition) is 4. The molecule has 2 aromatic rings. The summed E-state index contributed by atoms with van der Waals surface area (Å²) in [6.07, 6.45) is 6.09. The van der Waals surface area contributed by atoms with Crippen LogP contribution in [0.15, 0.2) is 28.8 Å². The second-order valence-corrected chi connectivity index (χ2v) is 4.91. The fourth-order valence-electron chi connectivity index (χ4n) is 2.53. The van der Waals surface area contributed by atoms with Gasteiger partial charge in [0.05, 0.1) is 0 Å². The lowest BCUT2D eigenvalue weighted by molar-refractivity contribution is 0.353. The van der Waals surface area contributed by atoms with Crippen molar-refractivity contribution in [3.8, 4) is 17.1 Å². The molecule has 4 nitrogen and oxygen atoms in total. The van der Waals surface area contributed by atoms with Gasteiger partial charge in [-0.1, -0.05) is 18.0 Å². The number of aromatic hydroxyl groups is 1. The smallest absolute Gasteiger partial charge is 0.227 e. The normalized spacial score (nSPS) is 16.2. The molecule has 0 radical (unpaired) electrons. The van der Waals surface area contributed by atoms with Gasteiger partial charge in [-0.25, -0.2) is 0 Å². The van der Waals surface area contributed by atoms with Crippen LogP contribution in [0.4, 0.5) is 0 Å². The predicted octanol–water partition coefficient (Wildman–Crippen LogP) is 3.17. The van der Waals surface area contributed by atoms with Crippen molar-refractivity contribution in [3.05, 3.63) is 30.2 Å². The van der Waals surface area contributed by atoms with Crippen LogP contribution < -0.4 is 0 Å². The van der Waals surface area contributed by atoms with Crippen molar-refractivity contribution in [1.82, 2.24) is 10.1 Å². The van der Waals surface area contributed by atoms with E-state index in [4.69, 9.17) is 4.52 Å². The lowest BCUT2D eigenvalue weighted by Crippen LogP contribution is -1.98. The van der Waals surface area contributed by atoms with Gasteiger partial charge in [-0.15, -0.1) is 0 Å². The standard InChI is InChI=1S/C14H16N2O2/c17-12-7-5-11(6-8-12)14-15-13(18-16-14)9-10-3-1-2-4-10/h5-8,10,17H,1-4,9H2. The van der Waals surface area contributed by atoms with Crippen LogP contribution in [0.2, 0.25) is 0 Å². The minimum atomic E-state index is 0.244. The first kappa shape index (κ1) is 11.3. The summed E-state index contributed by atoms with van der Waals surface area (Å²) in [6.45, 7) is 0. The highest BCUT2D eigenvalue weighted by molar-refractivity contribution is 5.55. The molecule has 0 spiro atoms. The lowest BCUT2D eigenvalue weighted by atomic mass is 10.0. The van der Waals surface area contributed by atoms with Crippen LogP contribution in [0.25, 0.3) is 11.4 Å². The van der Waals surface area contributed by atoms with Crippen LogP contribution in [0, 0.1) is 5.92 Å². The Kier molecular flexibility index (Phi) is 3.00. The number of aromatic nitrogens is 2. The minimum absolute atomic E-state index is 0.244. The Morgan fingerprint density at radius 3 is 2.61 bits per heavy atom. The van der Waals surface area contributed by atoms with Crippen molar-refractivity contribution in [2.75, 3.05) is 0 Å². The zero-order valence-electron chi connectivity index (χ0n) is 10.2. The van der Waals surface area contributed by atoms with E-state index in [-0.39, 0.29) is 5.75 Å². The Labute approximate surface area is 106 Å². The van der Waals surface area contributed by atoms with Crippen molar-refractivity contribution in [2.24, 2.45) is 5.92 Å². The van der Waals surface area contributed by atoms with E-state index in [0.717, 1.165) is 17.9 Å². The van der Waals surface area contributed by atoms with Crippen molar-refractivity contribution >= 4 is 0 Å². The highest BCUT2D eigenvalue weighted by atomic mass is 16.5. The van der Waals surface area contributed by atoms with Crippen LogP contribution in [-0.4, -0.2) is 15.2 Å². The SMILES string of the molecule is Oc1ccc(-c2noc(CC3CCCC3)n2)cc1. The van der Waals surface area contributed by atoms with Gasteiger partial charge in [0.15, 0.2) is 0 Å². The van der Waals surface area contributed by atoms with Gasteiger partial charge in [0.25, 0.3) is 0 Å². The van der Waals surface area contributed by atoms with Crippen LogP contribution in [-0.2, 0) is 6.42 Å². The monoisotopic (exact) mass is 244 g/mol. The van der Waals surface area contributed by atoms with Gasteiger partial charge in [-0.05, 0) is 43.0 Å². The van der Waals surface area contributed by atoms with Crippen molar-refractivity contribution in [1.29, 1.82) is 0 Å². The second kappa shape index (κ2) is 4.80. The number of hydrogen-bond donors (Lipinski definition) is 1. The van der Waals surface area contributed by atoms with Gasteiger partial charge >= 0.3 is 0 Å². The Hall–Kier alpha value is -1.84. The van der Waals surface area contributed by atoms with Gasteiger partial charge in [0.1, 0.15) is 5.75 Å². The van der Waals surface area contributed by atoms with E-state index in [1.807, 2.05) is 0 Å². The molecule has 1 N–H and O–H groups in total. The van der Waals surface area contributed by atoms with Gasteiger partial charge in [0, 0.05) is 12.0 Å². The number of nitrogens with zero attached hydrogens (tertiary/aromatic N) is 2. The summed E-state index contributed by atoms with van der Waals surface area (Å²) in [7, 11) is 0. The maximum Gasteiger partial charge on any atom is 0.227 e. The molecule has 4 heteroatoms. The first-order valence-electron chi connectivity index (χ1n) is 6.43. The van der Waals surface area contributed by atoms with Gasteiger partial charge in [-0.3, -0.25) is 0 Å². The average Bonchev–Trinajstić information content (AvgIpc) is 3.02. The highest BCUT2D eigenvalue weighted by Gasteiger charge is 2.19. The van der Waals surface area contributed by atoms with Crippen LogP contribution >= 0.6 is 0 Å². The molecule has 1 fully saturated rings. The first-order valence-corrected chi connectivity index (χ1v) is 6.43. The summed E-state index contributed by atoms with van der Waals surface area (Å²) < 4.78 is 5.29. The Bertz CT molecular complexity index is 513. The molecule has 1 aliphatic carbocycles. The van der Waals surface area contributed by atoms with E-state index in [9.17, 15) is 5.11 Å². The van der Waals surface area contributed by atoms with Crippen LogP contribution in [0.3, 0.4) is 0 Å². The van der Waals surface area contributed by atoms with E-state index in [2.05, 4.69) is 10.1 Å². The molecule has 1 aliphatic rings. The number of rotatable bonds is 3. The summed E-state index contributed by atoms with van der Waals surface area (Å²) in [5, 5.41) is 13.2. The quantitative estimate of drug-likeness (QED) is 0.900. The summed E-state index contributed by atoms with van der Waals surface area (Å²) >= 11 is 0. The molecule has 0 atom stereocenters. The molecule has 18 heavy (non-hydrogen) atoms. The molecular weight excluding hydrogens is 228 g/mol. The number of phenols is 1. The molecule has 1 saturated carbocycles. The third-order valence-electron chi connectivity index (χ3n) is 3.53. The van der Waals surface area contributed by atoms with Crippen LogP contribution in [0.1, 0.15) is 31.6 Å². The Morgan fingerprint density at radius 1 is 1.17 bits per heavy atom. The second-order valence-electron chi connectivity index (χ2n) is 4.91. The highest BCUT2D eigenvalue weighted by Crippen LogP contribution is 2.28. The first-order chi connectivity index (χ1) is 8.81. The lowest BCUT2D eigenvalue weighted by Gasteiger charge is -2.02. The summed E-state index contributed by atoms with van der Waals surface area (Å²) in [5.74, 6) is 2.28. The molecule has 0 aliphatic heterocycles. The van der Waals surface area contributed by atoms with Crippen molar-refractivity contribution in [2.45, 2.75) is 32.1 Å². The molecule has 3 rings (SSSR count). The molecule has 0 saturated heterocycles. The van der Waals surface area contributed by atoms with Gasteiger partial charge < -0.3 is 9.63 Å². The van der Waals surface area contributed by atoms with E-state index in [1.54, 1.807) is 24.3 Å². The summed E-state index contributed by atoms with van der Waals surface area (Å²) in [5.41, 5.74) is 0.870. The predicted molar refractivity (Wildman–Crippen MR) is 67.1 cm³/mol. The molecule has 94 valence electrons.